The third kappa shape index (κ3) is 5.90. The SMILES string of the molecule is CCCCCCCCC1(CCCCCCCC)c2cc(Br)ccc2-c2c1cc(Br)c1ccccc21. The minimum atomic E-state index is 0.122. The summed E-state index contributed by atoms with van der Waals surface area (Å²) in [7, 11) is 0. The summed E-state index contributed by atoms with van der Waals surface area (Å²) in [5.74, 6) is 0. The molecule has 0 bridgehead atoms. The molecule has 3 aromatic carbocycles. The highest BCUT2D eigenvalue weighted by Gasteiger charge is 2.43. The van der Waals surface area contributed by atoms with Crippen molar-refractivity contribution in [3.05, 3.63) is 68.6 Å². The van der Waals surface area contributed by atoms with Crippen molar-refractivity contribution in [1.82, 2.24) is 0 Å². The largest absolute Gasteiger partial charge is 0.0654 e. The van der Waals surface area contributed by atoms with Crippen molar-refractivity contribution in [2.75, 3.05) is 0 Å². The van der Waals surface area contributed by atoms with E-state index < -0.39 is 0 Å². The molecule has 1 aliphatic rings. The Balaban J connectivity index is 1.73. The molecule has 0 spiro atoms. The molecule has 0 amide bonds. The first kappa shape index (κ1) is 26.9. The van der Waals surface area contributed by atoms with Crippen molar-refractivity contribution < 1.29 is 0 Å². The average molecular weight is 599 g/mol. The van der Waals surface area contributed by atoms with Crippen molar-refractivity contribution >= 4 is 42.6 Å². The van der Waals surface area contributed by atoms with E-state index in [2.05, 4.69) is 94.2 Å². The van der Waals surface area contributed by atoms with Gasteiger partial charge in [-0.3, -0.25) is 0 Å². The summed E-state index contributed by atoms with van der Waals surface area (Å²) in [5.41, 5.74) is 6.20. The van der Waals surface area contributed by atoms with Gasteiger partial charge in [0.25, 0.3) is 0 Å². The van der Waals surface area contributed by atoms with Gasteiger partial charge in [0.1, 0.15) is 0 Å². The Hall–Kier alpha value is -1.12. The van der Waals surface area contributed by atoms with E-state index in [9.17, 15) is 0 Å². The van der Waals surface area contributed by atoms with Crippen LogP contribution in [0.5, 0.6) is 0 Å². The van der Waals surface area contributed by atoms with E-state index in [-0.39, 0.29) is 5.41 Å². The zero-order valence-electron chi connectivity index (χ0n) is 21.8. The molecule has 0 aromatic heterocycles. The number of rotatable bonds is 14. The second-order valence-electron chi connectivity index (χ2n) is 10.6. The van der Waals surface area contributed by atoms with Crippen LogP contribution in [0.25, 0.3) is 21.9 Å². The Bertz CT molecular complexity index is 1100. The number of unbranched alkanes of at least 4 members (excludes halogenated alkanes) is 10. The zero-order valence-corrected chi connectivity index (χ0v) is 24.9. The minimum Gasteiger partial charge on any atom is -0.0654 e. The molecule has 0 radical (unpaired) electrons. The van der Waals surface area contributed by atoms with E-state index in [1.54, 1.807) is 11.1 Å². The van der Waals surface area contributed by atoms with Crippen LogP contribution in [0.3, 0.4) is 0 Å². The molecule has 0 heterocycles. The van der Waals surface area contributed by atoms with Crippen LogP contribution in [-0.2, 0) is 5.41 Å². The van der Waals surface area contributed by atoms with Crippen LogP contribution in [0.1, 0.15) is 115 Å². The third-order valence-electron chi connectivity index (χ3n) is 8.19. The van der Waals surface area contributed by atoms with Crippen molar-refractivity contribution in [3.63, 3.8) is 0 Å². The summed E-state index contributed by atoms with van der Waals surface area (Å²) in [4.78, 5) is 0. The van der Waals surface area contributed by atoms with Gasteiger partial charge in [0.2, 0.25) is 0 Å². The Labute approximate surface area is 230 Å². The first-order valence-electron chi connectivity index (χ1n) is 14.1. The maximum atomic E-state index is 3.97. The van der Waals surface area contributed by atoms with Crippen LogP contribution in [-0.4, -0.2) is 0 Å². The van der Waals surface area contributed by atoms with Crippen molar-refractivity contribution in [2.24, 2.45) is 0 Å². The van der Waals surface area contributed by atoms with Gasteiger partial charge in [-0.2, -0.15) is 0 Å². The lowest BCUT2D eigenvalue weighted by Crippen LogP contribution is -2.25. The van der Waals surface area contributed by atoms with Crippen LogP contribution in [0.15, 0.2) is 57.5 Å². The Morgan fingerprint density at radius 2 is 1.17 bits per heavy atom. The summed E-state index contributed by atoms with van der Waals surface area (Å²) in [6.45, 7) is 4.61. The Morgan fingerprint density at radius 3 is 1.80 bits per heavy atom. The van der Waals surface area contributed by atoms with Crippen LogP contribution in [0.2, 0.25) is 0 Å². The van der Waals surface area contributed by atoms with E-state index in [1.165, 1.54) is 121 Å². The maximum absolute atomic E-state index is 3.97. The number of hydrogen-bond donors (Lipinski definition) is 0. The molecule has 0 unspecified atom stereocenters. The molecule has 0 saturated heterocycles. The molecule has 0 saturated carbocycles. The first-order chi connectivity index (χ1) is 17.1. The van der Waals surface area contributed by atoms with E-state index in [4.69, 9.17) is 0 Å². The predicted molar refractivity (Wildman–Crippen MR) is 162 cm³/mol. The van der Waals surface area contributed by atoms with E-state index in [1.807, 2.05) is 0 Å². The Morgan fingerprint density at radius 1 is 0.600 bits per heavy atom. The van der Waals surface area contributed by atoms with E-state index in [0.717, 1.165) is 0 Å². The van der Waals surface area contributed by atoms with Gasteiger partial charge in [-0.25, -0.2) is 0 Å². The molecule has 188 valence electrons. The number of fused-ring (bicyclic) bond motifs is 5. The van der Waals surface area contributed by atoms with Gasteiger partial charge in [0, 0.05) is 14.4 Å². The highest BCUT2D eigenvalue weighted by Crippen LogP contribution is 2.57. The summed E-state index contributed by atoms with van der Waals surface area (Å²) >= 11 is 7.81. The normalized spacial score (nSPS) is 13.8. The Kier molecular flexibility index (Phi) is 9.93. The lowest BCUT2D eigenvalue weighted by Gasteiger charge is -2.33. The van der Waals surface area contributed by atoms with Crippen molar-refractivity contribution in [2.45, 2.75) is 109 Å². The summed E-state index contributed by atoms with van der Waals surface area (Å²) < 4.78 is 2.46. The highest BCUT2D eigenvalue weighted by molar-refractivity contribution is 9.11. The van der Waals surface area contributed by atoms with Gasteiger partial charge in [0.05, 0.1) is 0 Å². The zero-order chi connectivity index (χ0) is 24.7. The smallest absolute Gasteiger partial charge is 0.0257 e. The second kappa shape index (κ2) is 12.9. The van der Waals surface area contributed by atoms with Crippen LogP contribution >= 0.6 is 31.9 Å². The minimum absolute atomic E-state index is 0.122. The van der Waals surface area contributed by atoms with Gasteiger partial charge in [-0.05, 0) is 64.1 Å². The lowest BCUT2D eigenvalue weighted by atomic mass is 9.70. The number of halogens is 2. The molecule has 0 atom stereocenters. The standard InChI is InChI=1S/C33H42Br2/c1-3-5-7-9-11-15-21-33(22-16-12-10-8-6-4-2)29-23-25(34)19-20-28(29)32-27-18-14-13-17-26(27)31(35)24-30(32)33/h13-14,17-20,23-24H,3-12,15-16,21-22H2,1-2H3. The fourth-order valence-corrected chi connectivity index (χ4v) is 7.29. The molecular formula is C33H42Br2. The van der Waals surface area contributed by atoms with E-state index in [0.29, 0.717) is 0 Å². The summed E-state index contributed by atoms with van der Waals surface area (Å²) in [6.07, 6.45) is 18.8. The quantitative estimate of drug-likeness (QED) is 0.162. The highest BCUT2D eigenvalue weighted by atomic mass is 79.9. The maximum Gasteiger partial charge on any atom is 0.0257 e. The van der Waals surface area contributed by atoms with Gasteiger partial charge < -0.3 is 0 Å². The van der Waals surface area contributed by atoms with Crippen molar-refractivity contribution in [1.29, 1.82) is 0 Å². The van der Waals surface area contributed by atoms with Gasteiger partial charge >= 0.3 is 0 Å². The molecule has 0 fully saturated rings. The third-order valence-corrected chi connectivity index (χ3v) is 9.34. The molecule has 3 aromatic rings. The predicted octanol–water partition coefficient (Wildman–Crippen LogP) is 12.1. The number of hydrogen-bond acceptors (Lipinski definition) is 0. The molecule has 0 N–H and O–H groups in total. The molecule has 4 rings (SSSR count). The topological polar surface area (TPSA) is 0 Å². The van der Waals surface area contributed by atoms with Crippen LogP contribution in [0.4, 0.5) is 0 Å². The molecule has 0 aliphatic heterocycles. The average Bonchev–Trinajstić information content (AvgIpc) is 3.12. The van der Waals surface area contributed by atoms with Crippen LogP contribution < -0.4 is 0 Å². The van der Waals surface area contributed by atoms with Crippen LogP contribution in [0, 0.1) is 0 Å². The molecule has 1 aliphatic carbocycles. The van der Waals surface area contributed by atoms with Gasteiger partial charge in [-0.1, -0.05) is 153 Å². The monoisotopic (exact) mass is 596 g/mol. The number of benzene rings is 3. The lowest BCUT2D eigenvalue weighted by molar-refractivity contribution is 0.398. The van der Waals surface area contributed by atoms with Gasteiger partial charge in [-0.15, -0.1) is 0 Å². The molecule has 35 heavy (non-hydrogen) atoms. The fraction of sp³-hybridized carbons (Fsp3) is 0.515. The van der Waals surface area contributed by atoms with Crippen molar-refractivity contribution in [3.8, 4) is 11.1 Å². The molecule has 2 heteroatoms. The fourth-order valence-electron chi connectivity index (χ4n) is 6.35. The summed E-state index contributed by atoms with van der Waals surface area (Å²) in [6, 6.07) is 18.5. The van der Waals surface area contributed by atoms with E-state index >= 15 is 0 Å². The summed E-state index contributed by atoms with van der Waals surface area (Å²) in [5, 5.41) is 2.73. The second-order valence-corrected chi connectivity index (χ2v) is 12.4. The molecular weight excluding hydrogens is 556 g/mol. The first-order valence-corrected chi connectivity index (χ1v) is 15.7. The molecule has 0 nitrogen and oxygen atoms in total. The van der Waals surface area contributed by atoms with Gasteiger partial charge in [0.15, 0.2) is 0 Å².